The van der Waals surface area contributed by atoms with Crippen LogP contribution in [0.15, 0.2) is 175 Å². The molecule has 1 aromatic heterocycles. The van der Waals surface area contributed by atoms with Crippen molar-refractivity contribution in [2.24, 2.45) is 0 Å². The molecule has 50 heavy (non-hydrogen) atoms. The van der Waals surface area contributed by atoms with Crippen molar-refractivity contribution in [2.75, 3.05) is 6.61 Å². The topological polar surface area (TPSA) is 9.23 Å². The molecule has 4 aromatic carbocycles. The van der Waals surface area contributed by atoms with Gasteiger partial charge in [0.25, 0.3) is 0 Å². The number of allylic oxidation sites excluding steroid dienone is 12. The highest BCUT2D eigenvalue weighted by atomic mass is 32.1. The fourth-order valence-electron chi connectivity index (χ4n) is 7.24. The second-order valence-electron chi connectivity index (χ2n) is 13.2. The molecule has 0 spiro atoms. The molecule has 3 aliphatic rings. The van der Waals surface area contributed by atoms with Crippen molar-refractivity contribution >= 4 is 48.7 Å². The van der Waals surface area contributed by atoms with Crippen molar-refractivity contribution in [2.45, 2.75) is 32.1 Å². The summed E-state index contributed by atoms with van der Waals surface area (Å²) < 4.78 is 9.37. The van der Waals surface area contributed by atoms with Gasteiger partial charge in [-0.05, 0) is 104 Å². The summed E-state index contributed by atoms with van der Waals surface area (Å²) in [4.78, 5) is 0. The van der Waals surface area contributed by atoms with Crippen LogP contribution >= 0.6 is 11.3 Å². The Morgan fingerprint density at radius 3 is 2.36 bits per heavy atom. The van der Waals surface area contributed by atoms with E-state index in [1.54, 1.807) is 0 Å². The lowest BCUT2D eigenvalue weighted by atomic mass is 9.92. The molecule has 1 nitrogen and oxygen atoms in total. The average Bonchev–Trinajstić information content (AvgIpc) is 3.57. The zero-order chi connectivity index (χ0) is 33.9. The quantitative estimate of drug-likeness (QED) is 0.170. The third kappa shape index (κ3) is 6.35. The minimum atomic E-state index is 0.459. The second-order valence-corrected chi connectivity index (χ2v) is 14.2. The second kappa shape index (κ2) is 14.2. The summed E-state index contributed by atoms with van der Waals surface area (Å²) in [6.07, 6.45) is 27.2. The summed E-state index contributed by atoms with van der Waals surface area (Å²) in [5, 5.41) is 4.96. The van der Waals surface area contributed by atoms with Gasteiger partial charge >= 0.3 is 0 Å². The molecule has 2 heterocycles. The molecule has 0 saturated carbocycles. The van der Waals surface area contributed by atoms with Crippen molar-refractivity contribution in [3.63, 3.8) is 0 Å². The summed E-state index contributed by atoms with van der Waals surface area (Å²) in [6, 6.07) is 30.7. The SMILES string of the molecule is C=C(/C=C\C(=C)C1=c2cccc/c2=C(C2=Cc3c(ccc4c3sc3ccccc34)Cc3ccccc3OC2)/C=C/CCC=C1)C1=CC=CCC1. The van der Waals surface area contributed by atoms with Gasteiger partial charge in [0.15, 0.2) is 0 Å². The fourth-order valence-corrected chi connectivity index (χ4v) is 8.48. The first kappa shape index (κ1) is 31.8. The van der Waals surface area contributed by atoms with Crippen LogP contribution < -0.4 is 15.2 Å². The number of ether oxygens (including phenoxy) is 1. The van der Waals surface area contributed by atoms with Crippen LogP contribution in [-0.4, -0.2) is 6.61 Å². The lowest BCUT2D eigenvalue weighted by Crippen LogP contribution is -2.30. The predicted molar refractivity (Wildman–Crippen MR) is 216 cm³/mol. The zero-order valence-electron chi connectivity index (χ0n) is 28.3. The van der Waals surface area contributed by atoms with Crippen LogP contribution in [-0.2, 0) is 6.42 Å². The highest BCUT2D eigenvalue weighted by Crippen LogP contribution is 2.40. The molecule has 0 N–H and O–H groups in total. The largest absolute Gasteiger partial charge is 0.489 e. The molecule has 0 radical (unpaired) electrons. The van der Waals surface area contributed by atoms with Crippen molar-refractivity contribution in [3.05, 3.63) is 202 Å². The molecule has 0 atom stereocenters. The van der Waals surface area contributed by atoms with E-state index < -0.39 is 0 Å². The molecule has 2 heteroatoms. The molecule has 2 aliphatic carbocycles. The Morgan fingerprint density at radius 1 is 0.700 bits per heavy atom. The summed E-state index contributed by atoms with van der Waals surface area (Å²) >= 11 is 1.89. The Bertz CT molecular complexity index is 2490. The highest BCUT2D eigenvalue weighted by molar-refractivity contribution is 7.26. The minimum Gasteiger partial charge on any atom is -0.489 e. The fraction of sp³-hybridized carbons (Fsp3) is 0.125. The van der Waals surface area contributed by atoms with Crippen LogP contribution in [0.5, 0.6) is 5.75 Å². The normalized spacial score (nSPS) is 17.8. The van der Waals surface area contributed by atoms with Gasteiger partial charge < -0.3 is 4.74 Å². The molecule has 244 valence electrons. The van der Waals surface area contributed by atoms with Crippen molar-refractivity contribution < 1.29 is 4.74 Å². The van der Waals surface area contributed by atoms with Crippen LogP contribution in [0.2, 0.25) is 0 Å². The molecule has 0 bridgehead atoms. The highest BCUT2D eigenvalue weighted by Gasteiger charge is 2.18. The summed E-state index contributed by atoms with van der Waals surface area (Å²) in [7, 11) is 0. The summed E-state index contributed by atoms with van der Waals surface area (Å²) in [6.45, 7) is 9.43. The predicted octanol–water partition coefficient (Wildman–Crippen LogP) is 11.3. The summed E-state index contributed by atoms with van der Waals surface area (Å²) in [5.41, 5.74) is 10.6. The van der Waals surface area contributed by atoms with E-state index in [1.165, 1.54) is 53.2 Å². The van der Waals surface area contributed by atoms with Crippen molar-refractivity contribution in [1.82, 2.24) is 0 Å². The first-order valence-corrected chi connectivity index (χ1v) is 18.4. The maximum absolute atomic E-state index is 6.73. The summed E-state index contributed by atoms with van der Waals surface area (Å²) in [5.74, 6) is 0.943. The first-order chi connectivity index (χ1) is 24.6. The number of hydrogen-bond acceptors (Lipinski definition) is 2. The molecule has 0 amide bonds. The standard InChI is InChI=1S/C48H40OS/c1-33(35-16-6-5-7-17-35)26-27-34(2)39-19-8-3-4-9-20-40(42-22-12-11-21-41(39)42)38-31-45-36(30-37-18-10-14-24-46(37)49-32-38)28-29-44-43-23-13-15-25-47(43)50-48(44)45/h5-6,8-16,18-29,31H,1-4,7,17,30,32H2/b19-8?,20-9+,27-26-,38-31?,41-39?,42-40+. The van der Waals surface area contributed by atoms with E-state index in [0.717, 1.165) is 65.4 Å². The number of hydrogen-bond donors (Lipinski definition) is 0. The van der Waals surface area contributed by atoms with E-state index in [2.05, 4.69) is 159 Å². The Kier molecular flexibility index (Phi) is 9.03. The monoisotopic (exact) mass is 664 g/mol. The third-order valence-corrected chi connectivity index (χ3v) is 11.1. The van der Waals surface area contributed by atoms with Gasteiger partial charge in [0, 0.05) is 26.6 Å². The van der Waals surface area contributed by atoms with E-state index >= 15 is 0 Å². The Balaban J connectivity index is 1.36. The van der Waals surface area contributed by atoms with E-state index in [1.807, 2.05) is 11.3 Å². The van der Waals surface area contributed by atoms with Crippen molar-refractivity contribution in [1.29, 1.82) is 0 Å². The maximum atomic E-state index is 6.73. The molecule has 0 unspecified atom stereocenters. The number of rotatable bonds is 5. The molecule has 8 rings (SSSR count). The smallest absolute Gasteiger partial charge is 0.123 e. The number of benzene rings is 4. The molecule has 5 aromatic rings. The van der Waals surface area contributed by atoms with Gasteiger partial charge in [0.1, 0.15) is 12.4 Å². The van der Waals surface area contributed by atoms with Gasteiger partial charge in [-0.1, -0.05) is 141 Å². The molecule has 0 fully saturated rings. The van der Waals surface area contributed by atoms with E-state index in [-0.39, 0.29) is 0 Å². The first-order valence-electron chi connectivity index (χ1n) is 17.6. The van der Waals surface area contributed by atoms with Gasteiger partial charge in [-0.2, -0.15) is 0 Å². The Morgan fingerprint density at radius 2 is 1.48 bits per heavy atom. The third-order valence-electron chi connectivity index (χ3n) is 9.91. The number of fused-ring (bicyclic) bond motifs is 7. The minimum absolute atomic E-state index is 0.459. The Hall–Kier alpha value is -5.44. The van der Waals surface area contributed by atoms with Crippen LogP contribution in [0, 0.1) is 0 Å². The molecule has 0 saturated heterocycles. The van der Waals surface area contributed by atoms with Crippen LogP contribution in [0.25, 0.3) is 37.4 Å². The van der Waals surface area contributed by atoms with Crippen LogP contribution in [0.3, 0.4) is 0 Å². The van der Waals surface area contributed by atoms with Gasteiger partial charge in [-0.25, -0.2) is 0 Å². The van der Waals surface area contributed by atoms with Gasteiger partial charge in [-0.15, -0.1) is 11.3 Å². The van der Waals surface area contributed by atoms with E-state index in [9.17, 15) is 0 Å². The van der Waals surface area contributed by atoms with Gasteiger partial charge in [0.05, 0.1) is 0 Å². The Labute approximate surface area is 299 Å². The van der Waals surface area contributed by atoms with E-state index in [0.29, 0.717) is 6.61 Å². The van der Waals surface area contributed by atoms with Crippen LogP contribution in [0.4, 0.5) is 0 Å². The lowest BCUT2D eigenvalue weighted by Gasteiger charge is -2.14. The zero-order valence-corrected chi connectivity index (χ0v) is 29.1. The van der Waals surface area contributed by atoms with Gasteiger partial charge in [0.2, 0.25) is 0 Å². The van der Waals surface area contributed by atoms with E-state index in [4.69, 9.17) is 4.74 Å². The van der Waals surface area contributed by atoms with Crippen molar-refractivity contribution in [3.8, 4) is 5.75 Å². The van der Waals surface area contributed by atoms with Crippen LogP contribution in [0.1, 0.15) is 42.4 Å². The lowest BCUT2D eigenvalue weighted by molar-refractivity contribution is 0.354. The average molecular weight is 665 g/mol. The molecular weight excluding hydrogens is 625 g/mol. The molecular formula is C48H40OS. The maximum Gasteiger partial charge on any atom is 0.123 e. The van der Waals surface area contributed by atoms with Gasteiger partial charge in [-0.3, -0.25) is 0 Å². The number of para-hydroxylation sites is 1. The number of thiophene rings is 1. The molecule has 1 aliphatic heterocycles.